The number of rotatable bonds is 2. The number of carbonyl (C=O) groups excluding carboxylic acids is 1. The van der Waals surface area contributed by atoms with Crippen molar-refractivity contribution in [2.24, 2.45) is 11.8 Å². The van der Waals surface area contributed by atoms with Crippen LogP contribution >= 0.6 is 15.9 Å². The maximum Gasteiger partial charge on any atom is 0.284 e. The van der Waals surface area contributed by atoms with Crippen molar-refractivity contribution in [3.8, 4) is 0 Å². The van der Waals surface area contributed by atoms with Crippen LogP contribution in [0, 0.1) is 22.0 Å². The zero-order valence-corrected chi connectivity index (χ0v) is 12.8. The summed E-state index contributed by atoms with van der Waals surface area (Å²) in [5.41, 5.74) is 0.193. The third kappa shape index (κ3) is 2.44. The lowest BCUT2D eigenvalue weighted by molar-refractivity contribution is -0.385. The number of benzene rings is 1. The van der Waals surface area contributed by atoms with E-state index in [1.807, 2.05) is 0 Å². The summed E-state index contributed by atoms with van der Waals surface area (Å²) in [6, 6.07) is 4.47. The van der Waals surface area contributed by atoms with E-state index in [9.17, 15) is 20.0 Å². The first-order chi connectivity index (χ1) is 9.99. The average molecular weight is 355 g/mol. The number of amides is 1. The highest BCUT2D eigenvalue weighted by atomic mass is 79.9. The number of carbonyl (C=O) groups is 1. The highest BCUT2D eigenvalue weighted by Gasteiger charge is 2.43. The van der Waals surface area contributed by atoms with Gasteiger partial charge in [0.1, 0.15) is 4.47 Å². The fourth-order valence-electron chi connectivity index (χ4n) is 3.40. The minimum absolute atomic E-state index is 0.111. The van der Waals surface area contributed by atoms with Gasteiger partial charge in [0.15, 0.2) is 0 Å². The topological polar surface area (TPSA) is 83.7 Å². The molecule has 3 unspecified atom stereocenters. The molecular formula is C14H15BrN2O4. The number of aliphatic hydroxyl groups is 1. The van der Waals surface area contributed by atoms with Gasteiger partial charge in [-0.05, 0) is 40.8 Å². The molecule has 0 spiro atoms. The molecule has 1 amide bonds. The SMILES string of the molecule is O=C(c1cccc([N+](=O)[O-])c1Br)N1CC2CCC(O)C2C1. The van der Waals surface area contributed by atoms with Crippen molar-refractivity contribution in [1.82, 2.24) is 4.90 Å². The molecule has 21 heavy (non-hydrogen) atoms. The fourth-order valence-corrected chi connectivity index (χ4v) is 3.98. The Labute approximate surface area is 130 Å². The molecule has 3 rings (SSSR count). The molecule has 1 heterocycles. The van der Waals surface area contributed by atoms with E-state index in [4.69, 9.17) is 0 Å². The molecule has 0 aromatic heterocycles. The molecule has 1 aliphatic heterocycles. The number of halogens is 1. The summed E-state index contributed by atoms with van der Waals surface area (Å²) in [6.45, 7) is 1.15. The van der Waals surface area contributed by atoms with Crippen LogP contribution in [0.2, 0.25) is 0 Å². The van der Waals surface area contributed by atoms with Crippen LogP contribution in [-0.4, -0.2) is 40.0 Å². The van der Waals surface area contributed by atoms with Crippen LogP contribution in [0.25, 0.3) is 0 Å². The average Bonchev–Trinajstić information content (AvgIpc) is 3.01. The molecule has 1 aromatic rings. The minimum Gasteiger partial charge on any atom is -0.393 e. The lowest BCUT2D eigenvalue weighted by atomic mass is 10.00. The van der Waals surface area contributed by atoms with E-state index in [1.165, 1.54) is 12.1 Å². The Kier molecular flexibility index (Phi) is 3.71. The Bertz CT molecular complexity index is 607. The van der Waals surface area contributed by atoms with Crippen molar-refractivity contribution in [2.75, 3.05) is 13.1 Å². The molecule has 6 nitrogen and oxygen atoms in total. The molecule has 1 N–H and O–H groups in total. The van der Waals surface area contributed by atoms with Gasteiger partial charge in [-0.2, -0.15) is 0 Å². The van der Waals surface area contributed by atoms with Crippen LogP contribution in [0.15, 0.2) is 22.7 Å². The zero-order chi connectivity index (χ0) is 15.1. The number of aliphatic hydroxyl groups excluding tert-OH is 1. The van der Waals surface area contributed by atoms with E-state index >= 15 is 0 Å². The summed E-state index contributed by atoms with van der Waals surface area (Å²) < 4.78 is 0.220. The summed E-state index contributed by atoms with van der Waals surface area (Å²) in [6.07, 6.45) is 1.41. The van der Waals surface area contributed by atoms with Crippen molar-refractivity contribution in [3.05, 3.63) is 38.3 Å². The molecule has 2 fully saturated rings. The number of hydrogen-bond acceptors (Lipinski definition) is 4. The van der Waals surface area contributed by atoms with Gasteiger partial charge in [-0.15, -0.1) is 0 Å². The molecular weight excluding hydrogens is 340 g/mol. The van der Waals surface area contributed by atoms with Gasteiger partial charge in [0, 0.05) is 25.1 Å². The second kappa shape index (κ2) is 5.38. The monoisotopic (exact) mass is 354 g/mol. The fraction of sp³-hybridized carbons (Fsp3) is 0.500. The first kappa shape index (κ1) is 14.5. The van der Waals surface area contributed by atoms with Gasteiger partial charge in [-0.25, -0.2) is 0 Å². The molecule has 7 heteroatoms. The van der Waals surface area contributed by atoms with Gasteiger partial charge >= 0.3 is 0 Å². The van der Waals surface area contributed by atoms with Gasteiger partial charge in [0.25, 0.3) is 11.6 Å². The molecule has 3 atom stereocenters. The van der Waals surface area contributed by atoms with Crippen molar-refractivity contribution >= 4 is 27.5 Å². The number of hydrogen-bond donors (Lipinski definition) is 1. The largest absolute Gasteiger partial charge is 0.393 e. The maximum atomic E-state index is 12.6. The minimum atomic E-state index is -0.511. The summed E-state index contributed by atoms with van der Waals surface area (Å²) in [4.78, 5) is 24.7. The molecule has 0 bridgehead atoms. The third-order valence-corrected chi connectivity index (χ3v) is 5.35. The lowest BCUT2D eigenvalue weighted by Crippen LogP contribution is -2.31. The maximum absolute atomic E-state index is 12.6. The number of likely N-dealkylation sites (tertiary alicyclic amines) is 1. The van der Waals surface area contributed by atoms with Gasteiger partial charge < -0.3 is 10.0 Å². The smallest absolute Gasteiger partial charge is 0.284 e. The number of nitro groups is 1. The van der Waals surface area contributed by atoms with Gasteiger partial charge in [0.2, 0.25) is 0 Å². The van der Waals surface area contributed by atoms with Crippen molar-refractivity contribution in [1.29, 1.82) is 0 Å². The van der Waals surface area contributed by atoms with Crippen LogP contribution in [0.3, 0.4) is 0 Å². The van der Waals surface area contributed by atoms with E-state index < -0.39 is 4.92 Å². The standard InChI is InChI=1S/C14H15BrN2O4/c15-13-9(2-1-3-11(13)17(20)21)14(19)16-6-8-4-5-12(18)10(8)7-16/h1-3,8,10,12,18H,4-7H2. The Hall–Kier alpha value is -1.47. The molecule has 1 saturated carbocycles. The van der Waals surface area contributed by atoms with Crippen LogP contribution in [0.1, 0.15) is 23.2 Å². The van der Waals surface area contributed by atoms with E-state index in [0.29, 0.717) is 24.6 Å². The normalized spacial score (nSPS) is 27.7. The number of fused-ring (bicyclic) bond motifs is 1. The van der Waals surface area contributed by atoms with Gasteiger partial charge in [0.05, 0.1) is 16.6 Å². The zero-order valence-electron chi connectivity index (χ0n) is 11.2. The number of nitrogens with zero attached hydrogens (tertiary/aromatic N) is 2. The van der Waals surface area contributed by atoms with Gasteiger partial charge in [-0.1, -0.05) is 6.07 Å². The van der Waals surface area contributed by atoms with Crippen molar-refractivity contribution in [2.45, 2.75) is 18.9 Å². The van der Waals surface area contributed by atoms with Crippen LogP contribution in [0.4, 0.5) is 5.69 Å². The van der Waals surface area contributed by atoms with Crippen LogP contribution < -0.4 is 0 Å². The number of nitro benzene ring substituents is 1. The Morgan fingerprint density at radius 2 is 2.14 bits per heavy atom. The Morgan fingerprint density at radius 1 is 1.38 bits per heavy atom. The van der Waals surface area contributed by atoms with E-state index in [-0.39, 0.29) is 28.1 Å². The first-order valence-electron chi connectivity index (χ1n) is 6.89. The highest BCUT2D eigenvalue weighted by Crippen LogP contribution is 2.39. The predicted molar refractivity (Wildman–Crippen MR) is 78.9 cm³/mol. The quantitative estimate of drug-likeness (QED) is 0.651. The van der Waals surface area contributed by atoms with Crippen molar-refractivity contribution in [3.63, 3.8) is 0 Å². The second-order valence-electron chi connectivity index (χ2n) is 5.67. The summed E-state index contributed by atoms with van der Waals surface area (Å²) in [5.74, 6) is 0.278. The Balaban J connectivity index is 1.84. The Morgan fingerprint density at radius 3 is 2.81 bits per heavy atom. The highest BCUT2D eigenvalue weighted by molar-refractivity contribution is 9.10. The third-order valence-electron chi connectivity index (χ3n) is 4.51. The van der Waals surface area contributed by atoms with Crippen LogP contribution in [-0.2, 0) is 0 Å². The molecule has 112 valence electrons. The van der Waals surface area contributed by atoms with E-state index in [2.05, 4.69) is 15.9 Å². The van der Waals surface area contributed by atoms with E-state index in [0.717, 1.165) is 12.8 Å². The molecule has 0 radical (unpaired) electrons. The van der Waals surface area contributed by atoms with Gasteiger partial charge in [-0.3, -0.25) is 14.9 Å². The first-order valence-corrected chi connectivity index (χ1v) is 7.68. The predicted octanol–water partition coefficient (Wildman–Crippen LogP) is 2.20. The second-order valence-corrected chi connectivity index (χ2v) is 6.47. The molecule has 1 aliphatic carbocycles. The summed E-state index contributed by atoms with van der Waals surface area (Å²) in [5, 5.41) is 20.8. The van der Waals surface area contributed by atoms with Crippen molar-refractivity contribution < 1.29 is 14.8 Å². The summed E-state index contributed by atoms with van der Waals surface area (Å²) in [7, 11) is 0. The van der Waals surface area contributed by atoms with Crippen LogP contribution in [0.5, 0.6) is 0 Å². The van der Waals surface area contributed by atoms with E-state index in [1.54, 1.807) is 11.0 Å². The summed E-state index contributed by atoms with van der Waals surface area (Å²) >= 11 is 3.16. The lowest BCUT2D eigenvalue weighted by Gasteiger charge is -2.19. The molecule has 2 aliphatic rings. The molecule has 1 aromatic carbocycles. The molecule has 1 saturated heterocycles.